The Kier molecular flexibility index (Phi) is 6.48. The Labute approximate surface area is 227 Å². The summed E-state index contributed by atoms with van der Waals surface area (Å²) >= 11 is 0. The molecule has 0 aliphatic rings. The van der Waals surface area contributed by atoms with Crippen molar-refractivity contribution in [3.8, 4) is 11.1 Å². The Bertz CT molecular complexity index is 1820. The molecule has 0 aromatic heterocycles. The van der Waals surface area contributed by atoms with Gasteiger partial charge in [0.2, 0.25) is 0 Å². The average Bonchev–Trinajstić information content (AvgIpc) is 3.01. The molecular formula is C34H26NO3P. The number of nitrogens with one attached hydrogen (secondary N) is 1. The van der Waals surface area contributed by atoms with Crippen LogP contribution in [0.15, 0.2) is 133 Å². The highest BCUT2D eigenvalue weighted by Crippen LogP contribution is 2.49. The molecule has 0 saturated carbocycles. The highest BCUT2D eigenvalue weighted by Gasteiger charge is 2.34. The second kappa shape index (κ2) is 10.2. The fourth-order valence-electron chi connectivity index (χ4n) is 5.29. The molecule has 0 heterocycles. The van der Waals surface area contributed by atoms with Crippen molar-refractivity contribution in [3.63, 3.8) is 0 Å². The molecule has 0 fully saturated rings. The van der Waals surface area contributed by atoms with Crippen LogP contribution in [0.5, 0.6) is 0 Å². The first-order chi connectivity index (χ1) is 19.1. The third-order valence-electron chi connectivity index (χ3n) is 7.09. The third kappa shape index (κ3) is 4.29. The number of rotatable bonds is 5. The predicted molar refractivity (Wildman–Crippen MR) is 162 cm³/mol. The van der Waals surface area contributed by atoms with Gasteiger partial charge in [-0.3, -0.25) is 5.32 Å². The summed E-state index contributed by atoms with van der Waals surface area (Å²) in [6, 6.07) is 43.3. The van der Waals surface area contributed by atoms with Crippen LogP contribution in [-0.4, -0.2) is 13.2 Å². The van der Waals surface area contributed by atoms with Crippen molar-refractivity contribution < 1.29 is 14.1 Å². The Morgan fingerprint density at radius 2 is 1.08 bits per heavy atom. The first kappa shape index (κ1) is 24.7. The molecule has 0 aliphatic heterocycles. The Morgan fingerprint density at radius 1 is 0.590 bits per heavy atom. The van der Waals surface area contributed by atoms with Gasteiger partial charge < -0.3 is 9.30 Å². The van der Waals surface area contributed by atoms with E-state index in [4.69, 9.17) is 4.74 Å². The van der Waals surface area contributed by atoms with E-state index in [1.54, 1.807) is 0 Å². The fourth-order valence-corrected chi connectivity index (χ4v) is 8.16. The molecular weight excluding hydrogens is 501 g/mol. The molecule has 0 radical (unpaired) electrons. The number of hydrogen-bond acceptors (Lipinski definition) is 3. The van der Waals surface area contributed by atoms with Gasteiger partial charge in [-0.15, -0.1) is 0 Å². The van der Waals surface area contributed by atoms with Crippen molar-refractivity contribution in [2.45, 2.75) is 0 Å². The fraction of sp³-hybridized carbons (Fsp3) is 0.0294. The van der Waals surface area contributed by atoms with Gasteiger partial charge in [0.15, 0.2) is 7.14 Å². The van der Waals surface area contributed by atoms with Crippen LogP contribution in [0.25, 0.3) is 32.7 Å². The molecule has 4 nitrogen and oxygen atoms in total. The van der Waals surface area contributed by atoms with Crippen molar-refractivity contribution in [3.05, 3.63) is 133 Å². The van der Waals surface area contributed by atoms with Crippen LogP contribution in [0.4, 0.5) is 10.5 Å². The van der Waals surface area contributed by atoms with Crippen LogP contribution in [0.1, 0.15) is 0 Å². The van der Waals surface area contributed by atoms with Gasteiger partial charge in [0.05, 0.1) is 12.8 Å². The number of carbonyl (C=O) groups excluding carboxylic acids is 1. The SMILES string of the molecule is COC(=O)Nc1ccc2ccccc2c1-c1c(P(=O)(c2ccccc2)c2ccccc2)ccc2ccccc12. The largest absolute Gasteiger partial charge is 0.453 e. The summed E-state index contributed by atoms with van der Waals surface area (Å²) in [5, 5.41) is 9.04. The number of methoxy groups -OCH3 is 1. The monoisotopic (exact) mass is 527 g/mol. The van der Waals surface area contributed by atoms with Crippen LogP contribution < -0.4 is 21.2 Å². The number of ether oxygens (including phenoxy) is 1. The van der Waals surface area contributed by atoms with E-state index in [9.17, 15) is 4.79 Å². The zero-order valence-corrected chi connectivity index (χ0v) is 22.3. The van der Waals surface area contributed by atoms with Gasteiger partial charge in [-0.1, -0.05) is 121 Å². The number of anilines is 1. The average molecular weight is 528 g/mol. The van der Waals surface area contributed by atoms with E-state index in [-0.39, 0.29) is 0 Å². The lowest BCUT2D eigenvalue weighted by Crippen LogP contribution is -2.26. The predicted octanol–water partition coefficient (Wildman–Crippen LogP) is 7.48. The second-order valence-electron chi connectivity index (χ2n) is 9.29. The lowest BCUT2D eigenvalue weighted by molar-refractivity contribution is 0.187. The molecule has 0 aliphatic carbocycles. The lowest BCUT2D eigenvalue weighted by atomic mass is 9.92. The molecule has 6 aromatic rings. The minimum absolute atomic E-state index is 0.567. The summed E-state index contributed by atoms with van der Waals surface area (Å²) in [6.45, 7) is 0. The van der Waals surface area contributed by atoms with Crippen molar-refractivity contribution in [2.24, 2.45) is 0 Å². The van der Waals surface area contributed by atoms with Gasteiger partial charge in [0, 0.05) is 27.0 Å². The van der Waals surface area contributed by atoms with Crippen LogP contribution in [0.2, 0.25) is 0 Å². The van der Waals surface area contributed by atoms with Gasteiger partial charge in [0.1, 0.15) is 0 Å². The van der Waals surface area contributed by atoms with Gasteiger partial charge in [-0.2, -0.15) is 0 Å². The number of carbonyl (C=O) groups is 1. The van der Waals surface area contributed by atoms with E-state index in [0.717, 1.165) is 43.3 Å². The van der Waals surface area contributed by atoms with Gasteiger partial charge >= 0.3 is 6.09 Å². The standard InChI is InChI=1S/C34H26NO3P/c1-38-34(36)35-30-22-20-24-12-8-10-18-28(24)32(30)33-29-19-11-9-13-25(29)21-23-31(33)39(37,26-14-4-2-5-15-26)27-16-6-3-7-17-27/h2-23H,1H3,(H,35,36). The maximum absolute atomic E-state index is 15.7. The molecule has 0 bridgehead atoms. The van der Waals surface area contributed by atoms with E-state index < -0.39 is 13.2 Å². The normalized spacial score (nSPS) is 11.4. The highest BCUT2D eigenvalue weighted by molar-refractivity contribution is 7.85. The molecule has 5 heteroatoms. The first-order valence-corrected chi connectivity index (χ1v) is 14.4. The summed E-state index contributed by atoms with van der Waals surface area (Å²) in [6.07, 6.45) is -0.567. The topological polar surface area (TPSA) is 55.4 Å². The lowest BCUT2D eigenvalue weighted by Gasteiger charge is -2.26. The molecule has 1 N–H and O–H groups in total. The molecule has 0 saturated heterocycles. The summed E-state index contributed by atoms with van der Waals surface area (Å²) in [5.41, 5.74) is 2.22. The Hall–Kier alpha value is -4.66. The maximum Gasteiger partial charge on any atom is 0.411 e. The first-order valence-electron chi connectivity index (χ1n) is 12.7. The van der Waals surface area contributed by atoms with Crippen molar-refractivity contribution in [2.75, 3.05) is 12.4 Å². The van der Waals surface area contributed by atoms with E-state index in [1.165, 1.54) is 7.11 Å². The molecule has 39 heavy (non-hydrogen) atoms. The van der Waals surface area contributed by atoms with Crippen LogP contribution in [-0.2, 0) is 9.30 Å². The zero-order valence-electron chi connectivity index (χ0n) is 21.4. The van der Waals surface area contributed by atoms with E-state index in [2.05, 4.69) is 17.4 Å². The second-order valence-corrected chi connectivity index (χ2v) is 12.0. The smallest absolute Gasteiger partial charge is 0.411 e. The summed E-state index contributed by atoms with van der Waals surface area (Å²) in [4.78, 5) is 12.5. The number of amides is 1. The molecule has 190 valence electrons. The van der Waals surface area contributed by atoms with Crippen molar-refractivity contribution in [1.82, 2.24) is 0 Å². The molecule has 6 aromatic carbocycles. The molecule has 0 atom stereocenters. The van der Waals surface area contributed by atoms with Crippen LogP contribution in [0.3, 0.4) is 0 Å². The highest BCUT2D eigenvalue weighted by atomic mass is 31.2. The van der Waals surface area contributed by atoms with Gasteiger partial charge in [0.25, 0.3) is 0 Å². The van der Waals surface area contributed by atoms with Crippen LogP contribution in [0, 0.1) is 0 Å². The third-order valence-corrected chi connectivity index (χ3v) is 10.2. The molecule has 0 unspecified atom stereocenters. The molecule has 0 spiro atoms. The van der Waals surface area contributed by atoms with E-state index >= 15 is 4.57 Å². The summed E-state index contributed by atoms with van der Waals surface area (Å²) < 4.78 is 20.6. The van der Waals surface area contributed by atoms with Crippen LogP contribution >= 0.6 is 7.14 Å². The minimum Gasteiger partial charge on any atom is -0.453 e. The van der Waals surface area contributed by atoms with Gasteiger partial charge in [-0.05, 0) is 33.7 Å². The zero-order chi connectivity index (χ0) is 26.8. The van der Waals surface area contributed by atoms with Crippen molar-refractivity contribution >= 4 is 56.4 Å². The Balaban J connectivity index is 1.80. The van der Waals surface area contributed by atoms with Crippen molar-refractivity contribution in [1.29, 1.82) is 0 Å². The maximum atomic E-state index is 15.7. The van der Waals surface area contributed by atoms with E-state index in [1.807, 2.05) is 121 Å². The quantitative estimate of drug-likeness (QED) is 0.237. The number of fused-ring (bicyclic) bond motifs is 2. The van der Waals surface area contributed by atoms with E-state index in [0.29, 0.717) is 11.0 Å². The molecule has 1 amide bonds. The molecule has 6 rings (SSSR count). The minimum atomic E-state index is -3.37. The summed E-state index contributed by atoms with van der Waals surface area (Å²) in [5.74, 6) is 0. The summed E-state index contributed by atoms with van der Waals surface area (Å²) in [7, 11) is -2.02. The Morgan fingerprint density at radius 3 is 1.64 bits per heavy atom. The number of benzene rings is 6. The van der Waals surface area contributed by atoms with Gasteiger partial charge in [-0.25, -0.2) is 4.79 Å². The number of hydrogen-bond donors (Lipinski definition) is 1.